The minimum Gasteiger partial charge on any atom is -0.322 e. The Morgan fingerprint density at radius 2 is 1.75 bits per heavy atom. The van der Waals surface area contributed by atoms with Gasteiger partial charge in [-0.1, -0.05) is 44.0 Å². The third-order valence-electron chi connectivity index (χ3n) is 2.77. The molecule has 0 aliphatic rings. The number of halogens is 3. The summed E-state index contributed by atoms with van der Waals surface area (Å²) >= 11 is 10.2. The third-order valence-corrected chi connectivity index (χ3v) is 4.32. The molecular weight excluding hydrogens is 450 g/mol. The van der Waals surface area contributed by atoms with E-state index in [1.807, 2.05) is 36.4 Å². The molecule has 0 radical (unpaired) electrons. The van der Waals surface area contributed by atoms with Crippen LogP contribution in [0.2, 0.25) is 0 Å². The highest BCUT2D eigenvalue weighted by molar-refractivity contribution is 9.11. The Kier molecular flexibility index (Phi) is 5.81. The summed E-state index contributed by atoms with van der Waals surface area (Å²) in [6, 6.07) is 13.4. The highest BCUT2D eigenvalue weighted by Crippen LogP contribution is 2.23. The van der Waals surface area contributed by atoms with E-state index < -0.39 is 0 Å². The van der Waals surface area contributed by atoms with E-state index in [-0.39, 0.29) is 5.91 Å². The van der Waals surface area contributed by atoms with Gasteiger partial charge in [0.2, 0.25) is 0 Å². The van der Waals surface area contributed by atoms with Crippen LogP contribution in [0.1, 0.15) is 15.9 Å². The fraction of sp³-hybridized carbons (Fsp3) is 0.133. The number of alkyl halides is 1. The predicted octanol–water partition coefficient (Wildman–Crippen LogP) is 5.40. The average molecular weight is 462 g/mol. The van der Waals surface area contributed by atoms with E-state index in [9.17, 15) is 4.79 Å². The van der Waals surface area contributed by atoms with Crippen LogP contribution < -0.4 is 5.32 Å². The van der Waals surface area contributed by atoms with Crippen molar-refractivity contribution >= 4 is 59.4 Å². The summed E-state index contributed by atoms with van der Waals surface area (Å²) in [7, 11) is 0. The van der Waals surface area contributed by atoms with Gasteiger partial charge in [0.1, 0.15) is 0 Å². The Morgan fingerprint density at radius 1 is 1.05 bits per heavy atom. The Hall–Kier alpha value is -0.650. The molecule has 0 spiro atoms. The molecule has 0 fully saturated rings. The van der Waals surface area contributed by atoms with Gasteiger partial charge in [-0.15, -0.1) is 0 Å². The number of aryl methyl sites for hydroxylation is 1. The van der Waals surface area contributed by atoms with E-state index in [1.54, 1.807) is 6.07 Å². The number of benzene rings is 2. The summed E-state index contributed by atoms with van der Waals surface area (Å²) in [4.78, 5) is 12.2. The number of hydrogen-bond acceptors (Lipinski definition) is 1. The quantitative estimate of drug-likeness (QED) is 0.607. The van der Waals surface area contributed by atoms with Gasteiger partial charge in [0.25, 0.3) is 5.91 Å². The van der Waals surface area contributed by atoms with Crippen molar-refractivity contribution in [3.63, 3.8) is 0 Å². The summed E-state index contributed by atoms with van der Waals surface area (Å²) in [6.07, 6.45) is 0.979. The van der Waals surface area contributed by atoms with Gasteiger partial charge in [0.15, 0.2) is 0 Å². The molecule has 0 atom stereocenters. The van der Waals surface area contributed by atoms with E-state index in [0.29, 0.717) is 5.56 Å². The minimum atomic E-state index is -0.127. The van der Waals surface area contributed by atoms with Gasteiger partial charge >= 0.3 is 0 Å². The van der Waals surface area contributed by atoms with Crippen molar-refractivity contribution in [1.82, 2.24) is 0 Å². The molecule has 0 saturated heterocycles. The molecule has 2 nitrogen and oxygen atoms in total. The Morgan fingerprint density at radius 3 is 2.35 bits per heavy atom. The molecule has 0 aliphatic carbocycles. The Balaban J connectivity index is 2.11. The lowest BCUT2D eigenvalue weighted by Gasteiger charge is -2.08. The zero-order valence-electron chi connectivity index (χ0n) is 10.5. The predicted molar refractivity (Wildman–Crippen MR) is 93.7 cm³/mol. The second-order valence-electron chi connectivity index (χ2n) is 4.21. The molecule has 1 amide bonds. The highest BCUT2D eigenvalue weighted by Gasteiger charge is 2.10. The average Bonchev–Trinajstić information content (AvgIpc) is 2.41. The molecule has 2 rings (SSSR count). The van der Waals surface area contributed by atoms with Crippen LogP contribution in [0.25, 0.3) is 0 Å². The van der Waals surface area contributed by atoms with Crippen molar-refractivity contribution in [2.24, 2.45) is 0 Å². The smallest absolute Gasteiger partial charge is 0.256 e. The van der Waals surface area contributed by atoms with E-state index in [4.69, 9.17) is 0 Å². The molecule has 0 aliphatic heterocycles. The number of carbonyl (C=O) groups excluding carboxylic acids is 1. The molecule has 104 valence electrons. The standard InChI is InChI=1S/C15H12Br3NO/c16-8-7-10-1-4-12(5-2-10)19-15(20)13-6-3-11(17)9-14(13)18/h1-6,9H,7-8H2,(H,19,20). The van der Waals surface area contributed by atoms with Gasteiger partial charge in [-0.2, -0.15) is 0 Å². The number of nitrogens with one attached hydrogen (secondary N) is 1. The van der Waals surface area contributed by atoms with Crippen LogP contribution in [-0.2, 0) is 6.42 Å². The Bertz CT molecular complexity index is 611. The molecule has 2 aromatic rings. The lowest BCUT2D eigenvalue weighted by molar-refractivity contribution is 0.102. The van der Waals surface area contributed by atoms with Crippen molar-refractivity contribution in [2.45, 2.75) is 6.42 Å². The zero-order valence-corrected chi connectivity index (χ0v) is 15.3. The minimum absolute atomic E-state index is 0.127. The van der Waals surface area contributed by atoms with Crippen LogP contribution in [-0.4, -0.2) is 11.2 Å². The van der Waals surface area contributed by atoms with E-state index >= 15 is 0 Å². The van der Waals surface area contributed by atoms with Crippen molar-refractivity contribution in [3.05, 3.63) is 62.5 Å². The maximum absolute atomic E-state index is 12.2. The van der Waals surface area contributed by atoms with Crippen LogP contribution in [0.15, 0.2) is 51.4 Å². The topological polar surface area (TPSA) is 29.1 Å². The second-order valence-corrected chi connectivity index (χ2v) is 6.78. The Labute approximate surface area is 143 Å². The SMILES string of the molecule is O=C(Nc1ccc(CCBr)cc1)c1ccc(Br)cc1Br. The monoisotopic (exact) mass is 459 g/mol. The summed E-state index contributed by atoms with van der Waals surface area (Å²) < 4.78 is 1.69. The van der Waals surface area contributed by atoms with E-state index in [1.165, 1.54) is 5.56 Å². The first-order valence-corrected chi connectivity index (χ1v) is 8.72. The molecule has 0 aromatic heterocycles. The van der Waals surface area contributed by atoms with Crippen LogP contribution in [0, 0.1) is 0 Å². The van der Waals surface area contributed by atoms with Crippen molar-refractivity contribution in [1.29, 1.82) is 0 Å². The number of rotatable bonds is 4. The van der Waals surface area contributed by atoms with Crippen LogP contribution >= 0.6 is 47.8 Å². The first-order valence-electron chi connectivity index (χ1n) is 6.01. The van der Waals surface area contributed by atoms with E-state index in [2.05, 4.69) is 53.1 Å². The van der Waals surface area contributed by atoms with Crippen molar-refractivity contribution in [3.8, 4) is 0 Å². The van der Waals surface area contributed by atoms with Gasteiger partial charge in [-0.25, -0.2) is 0 Å². The van der Waals surface area contributed by atoms with Gasteiger partial charge in [0.05, 0.1) is 5.56 Å². The molecule has 0 heterocycles. The maximum atomic E-state index is 12.2. The number of amides is 1. The van der Waals surface area contributed by atoms with Crippen LogP contribution in [0.3, 0.4) is 0 Å². The molecule has 0 saturated carbocycles. The second kappa shape index (κ2) is 7.38. The summed E-state index contributed by atoms with van der Waals surface area (Å²) in [5, 5.41) is 3.83. The van der Waals surface area contributed by atoms with Gasteiger partial charge in [-0.05, 0) is 58.2 Å². The lowest BCUT2D eigenvalue weighted by atomic mass is 10.1. The molecule has 20 heavy (non-hydrogen) atoms. The van der Waals surface area contributed by atoms with Crippen molar-refractivity contribution < 1.29 is 4.79 Å². The van der Waals surface area contributed by atoms with Gasteiger partial charge in [-0.3, -0.25) is 4.79 Å². The first-order chi connectivity index (χ1) is 9.60. The fourth-order valence-electron chi connectivity index (χ4n) is 1.74. The summed E-state index contributed by atoms with van der Waals surface area (Å²) in [6.45, 7) is 0. The first kappa shape index (κ1) is 15.7. The fourth-order valence-corrected chi connectivity index (χ4v) is 3.42. The van der Waals surface area contributed by atoms with E-state index in [0.717, 1.165) is 26.4 Å². The largest absolute Gasteiger partial charge is 0.322 e. The normalized spacial score (nSPS) is 10.3. The van der Waals surface area contributed by atoms with Gasteiger partial charge < -0.3 is 5.32 Å². The summed E-state index contributed by atoms with van der Waals surface area (Å²) in [5.74, 6) is -0.127. The van der Waals surface area contributed by atoms with Crippen LogP contribution in [0.5, 0.6) is 0 Å². The zero-order chi connectivity index (χ0) is 14.5. The molecule has 5 heteroatoms. The highest BCUT2D eigenvalue weighted by atomic mass is 79.9. The molecule has 0 unspecified atom stereocenters. The number of hydrogen-bond donors (Lipinski definition) is 1. The lowest BCUT2D eigenvalue weighted by Crippen LogP contribution is -2.12. The third kappa shape index (κ3) is 4.17. The maximum Gasteiger partial charge on any atom is 0.256 e. The van der Waals surface area contributed by atoms with Gasteiger partial charge in [0, 0.05) is 20.0 Å². The molecular formula is C15H12Br3NO. The number of anilines is 1. The molecule has 0 bridgehead atoms. The van der Waals surface area contributed by atoms with Crippen LogP contribution in [0.4, 0.5) is 5.69 Å². The number of carbonyl (C=O) groups is 1. The molecule has 1 N–H and O–H groups in total. The molecule has 2 aromatic carbocycles. The van der Waals surface area contributed by atoms with Crippen molar-refractivity contribution in [2.75, 3.05) is 10.6 Å². The summed E-state index contributed by atoms with van der Waals surface area (Å²) in [5.41, 5.74) is 2.64.